The summed E-state index contributed by atoms with van der Waals surface area (Å²) >= 11 is 0. The summed E-state index contributed by atoms with van der Waals surface area (Å²) in [5.41, 5.74) is 2.91. The Bertz CT molecular complexity index is 969. The normalized spacial score (nSPS) is 17.1. The summed E-state index contributed by atoms with van der Waals surface area (Å²) in [6, 6.07) is 21.6. The molecule has 1 aromatic heterocycles. The lowest BCUT2D eigenvalue weighted by molar-refractivity contribution is 0.246. The van der Waals surface area contributed by atoms with Crippen LogP contribution < -0.4 is 10.3 Å². The highest BCUT2D eigenvalue weighted by molar-refractivity contribution is 5.66. The van der Waals surface area contributed by atoms with Crippen molar-refractivity contribution in [1.29, 1.82) is 0 Å². The maximum atomic E-state index is 12.3. The highest BCUT2D eigenvalue weighted by atomic mass is 16.5. The van der Waals surface area contributed by atoms with E-state index < -0.39 is 0 Å². The van der Waals surface area contributed by atoms with E-state index in [1.54, 1.807) is 23.9 Å². The number of hydrogen-bond acceptors (Lipinski definition) is 4. The molecule has 2 heterocycles. The van der Waals surface area contributed by atoms with E-state index in [-0.39, 0.29) is 5.56 Å². The van der Waals surface area contributed by atoms with Crippen molar-refractivity contribution in [3.63, 3.8) is 0 Å². The zero-order valence-corrected chi connectivity index (χ0v) is 15.4. The van der Waals surface area contributed by atoms with E-state index in [0.29, 0.717) is 12.6 Å². The average Bonchev–Trinajstić information content (AvgIpc) is 3.19. The fourth-order valence-corrected chi connectivity index (χ4v) is 3.70. The van der Waals surface area contributed by atoms with Crippen LogP contribution in [0.15, 0.2) is 71.5 Å². The summed E-state index contributed by atoms with van der Waals surface area (Å²) < 4.78 is 6.98. The van der Waals surface area contributed by atoms with E-state index in [1.807, 2.05) is 30.3 Å². The van der Waals surface area contributed by atoms with E-state index in [4.69, 9.17) is 4.74 Å². The van der Waals surface area contributed by atoms with Gasteiger partial charge in [-0.15, -0.1) is 0 Å². The Labute approximate surface area is 158 Å². The third kappa shape index (κ3) is 3.78. The Morgan fingerprint density at radius 1 is 1.04 bits per heavy atom. The standard InChI is InChI=1S/C22H23N3O2/c1-27-21-10-6-5-9-19(21)20-11-12-22(26)25(23-20)16-24-14-13-18(15-24)17-7-3-2-4-8-17/h2-12,18H,13-16H2,1H3/t18-/m1/s1. The van der Waals surface area contributed by atoms with Crippen LogP contribution in [0.3, 0.4) is 0 Å². The second-order valence-electron chi connectivity index (χ2n) is 6.87. The first-order chi connectivity index (χ1) is 13.2. The van der Waals surface area contributed by atoms with Gasteiger partial charge in [0.2, 0.25) is 0 Å². The van der Waals surface area contributed by atoms with E-state index >= 15 is 0 Å². The Morgan fingerprint density at radius 3 is 2.63 bits per heavy atom. The van der Waals surface area contributed by atoms with E-state index in [0.717, 1.165) is 36.5 Å². The summed E-state index contributed by atoms with van der Waals surface area (Å²) in [5, 5.41) is 4.59. The van der Waals surface area contributed by atoms with Crippen LogP contribution in [0.25, 0.3) is 11.3 Å². The number of hydrogen-bond donors (Lipinski definition) is 0. The van der Waals surface area contributed by atoms with Gasteiger partial charge in [-0.25, -0.2) is 4.68 Å². The van der Waals surface area contributed by atoms with Gasteiger partial charge in [-0.2, -0.15) is 5.10 Å². The molecule has 0 spiro atoms. The van der Waals surface area contributed by atoms with Gasteiger partial charge in [-0.3, -0.25) is 9.69 Å². The molecule has 3 aromatic rings. The van der Waals surface area contributed by atoms with Crippen LogP contribution in [-0.2, 0) is 6.67 Å². The lowest BCUT2D eigenvalue weighted by Gasteiger charge is -2.17. The number of ether oxygens (including phenoxy) is 1. The fraction of sp³-hybridized carbons (Fsp3) is 0.273. The minimum atomic E-state index is -0.0863. The molecule has 0 radical (unpaired) electrons. The Morgan fingerprint density at radius 2 is 1.81 bits per heavy atom. The molecule has 1 aliphatic rings. The molecule has 1 atom stereocenters. The number of benzene rings is 2. The Balaban J connectivity index is 1.54. The van der Waals surface area contributed by atoms with Crippen molar-refractivity contribution >= 4 is 0 Å². The van der Waals surface area contributed by atoms with Gasteiger partial charge in [-0.05, 0) is 36.1 Å². The maximum absolute atomic E-state index is 12.3. The summed E-state index contributed by atoms with van der Waals surface area (Å²) in [4.78, 5) is 14.6. The van der Waals surface area contributed by atoms with Gasteiger partial charge >= 0.3 is 0 Å². The molecule has 0 N–H and O–H groups in total. The number of para-hydroxylation sites is 1. The molecule has 27 heavy (non-hydrogen) atoms. The van der Waals surface area contributed by atoms with Crippen LogP contribution in [0.5, 0.6) is 5.75 Å². The van der Waals surface area contributed by atoms with Gasteiger partial charge in [0.05, 0.1) is 19.5 Å². The first-order valence-corrected chi connectivity index (χ1v) is 9.23. The van der Waals surface area contributed by atoms with Crippen LogP contribution in [0.4, 0.5) is 0 Å². The molecule has 0 saturated carbocycles. The molecule has 1 aliphatic heterocycles. The highest BCUT2D eigenvalue weighted by Crippen LogP contribution is 2.28. The van der Waals surface area contributed by atoms with Crippen molar-refractivity contribution in [2.24, 2.45) is 0 Å². The van der Waals surface area contributed by atoms with E-state index in [2.05, 4.69) is 34.3 Å². The van der Waals surface area contributed by atoms with Gasteiger partial charge in [0.25, 0.3) is 5.56 Å². The molecule has 5 heteroatoms. The largest absolute Gasteiger partial charge is 0.496 e. The van der Waals surface area contributed by atoms with Crippen molar-refractivity contribution in [3.05, 3.63) is 82.6 Å². The smallest absolute Gasteiger partial charge is 0.268 e. The van der Waals surface area contributed by atoms with Crippen molar-refractivity contribution in [2.45, 2.75) is 19.0 Å². The predicted molar refractivity (Wildman–Crippen MR) is 106 cm³/mol. The van der Waals surface area contributed by atoms with Crippen molar-refractivity contribution in [2.75, 3.05) is 20.2 Å². The van der Waals surface area contributed by atoms with Crippen molar-refractivity contribution < 1.29 is 4.74 Å². The van der Waals surface area contributed by atoms with Gasteiger partial charge < -0.3 is 4.74 Å². The zero-order chi connectivity index (χ0) is 18.6. The monoisotopic (exact) mass is 361 g/mol. The number of aromatic nitrogens is 2. The van der Waals surface area contributed by atoms with Crippen molar-refractivity contribution in [3.8, 4) is 17.0 Å². The second-order valence-corrected chi connectivity index (χ2v) is 6.87. The molecular weight excluding hydrogens is 338 g/mol. The van der Waals surface area contributed by atoms with Crippen LogP contribution in [0, 0.1) is 0 Å². The average molecular weight is 361 g/mol. The molecule has 0 aliphatic carbocycles. The van der Waals surface area contributed by atoms with Gasteiger partial charge in [0, 0.05) is 24.7 Å². The predicted octanol–water partition coefficient (Wildman–Crippen LogP) is 3.37. The molecule has 1 fully saturated rings. The van der Waals surface area contributed by atoms with Crippen LogP contribution >= 0.6 is 0 Å². The third-order valence-electron chi connectivity index (χ3n) is 5.13. The molecule has 5 nitrogen and oxygen atoms in total. The Kier molecular flexibility index (Phi) is 5.03. The topological polar surface area (TPSA) is 47.4 Å². The minimum Gasteiger partial charge on any atom is -0.496 e. The second kappa shape index (κ2) is 7.76. The van der Waals surface area contributed by atoms with Crippen molar-refractivity contribution in [1.82, 2.24) is 14.7 Å². The molecule has 0 amide bonds. The number of likely N-dealkylation sites (tertiary alicyclic amines) is 1. The highest BCUT2D eigenvalue weighted by Gasteiger charge is 2.24. The first kappa shape index (κ1) is 17.5. The molecule has 138 valence electrons. The first-order valence-electron chi connectivity index (χ1n) is 9.23. The number of rotatable bonds is 5. The van der Waals surface area contributed by atoms with Gasteiger partial charge in [0.15, 0.2) is 0 Å². The van der Waals surface area contributed by atoms with Crippen LogP contribution in [0.2, 0.25) is 0 Å². The lowest BCUT2D eigenvalue weighted by Crippen LogP contribution is -2.32. The van der Waals surface area contributed by atoms with Crippen LogP contribution in [-0.4, -0.2) is 34.9 Å². The summed E-state index contributed by atoms with van der Waals surface area (Å²) in [7, 11) is 1.64. The molecule has 4 rings (SSSR count). The quantitative estimate of drug-likeness (QED) is 0.699. The molecule has 0 bridgehead atoms. The zero-order valence-electron chi connectivity index (χ0n) is 15.4. The molecule has 2 aromatic carbocycles. The SMILES string of the molecule is COc1ccccc1-c1ccc(=O)n(CN2CC[C@@H](c3ccccc3)C2)n1. The molecule has 0 unspecified atom stereocenters. The summed E-state index contributed by atoms with van der Waals surface area (Å²) in [6.07, 6.45) is 1.10. The number of methoxy groups -OCH3 is 1. The van der Waals surface area contributed by atoms with E-state index in [1.165, 1.54) is 5.56 Å². The van der Waals surface area contributed by atoms with Gasteiger partial charge in [0.1, 0.15) is 5.75 Å². The maximum Gasteiger partial charge on any atom is 0.268 e. The van der Waals surface area contributed by atoms with Gasteiger partial charge in [-0.1, -0.05) is 42.5 Å². The minimum absolute atomic E-state index is 0.0863. The molecular formula is C22H23N3O2. The summed E-state index contributed by atoms with van der Waals surface area (Å²) in [6.45, 7) is 2.41. The van der Waals surface area contributed by atoms with E-state index in [9.17, 15) is 4.79 Å². The fourth-order valence-electron chi connectivity index (χ4n) is 3.70. The number of nitrogens with zero attached hydrogens (tertiary/aromatic N) is 3. The molecule has 1 saturated heterocycles. The summed E-state index contributed by atoms with van der Waals surface area (Å²) in [5.74, 6) is 1.26. The van der Waals surface area contributed by atoms with Crippen LogP contribution in [0.1, 0.15) is 17.9 Å². The lowest BCUT2D eigenvalue weighted by atomic mass is 9.99. The Hall–Kier alpha value is -2.92. The third-order valence-corrected chi connectivity index (χ3v) is 5.13.